The van der Waals surface area contributed by atoms with Crippen LogP contribution in [-0.4, -0.2) is 34.3 Å². The summed E-state index contributed by atoms with van der Waals surface area (Å²) >= 11 is 0. The summed E-state index contributed by atoms with van der Waals surface area (Å²) in [6, 6.07) is 5.59. The van der Waals surface area contributed by atoms with Crippen molar-refractivity contribution in [3.05, 3.63) is 36.9 Å². The van der Waals surface area contributed by atoms with Crippen LogP contribution in [0.15, 0.2) is 36.9 Å². The maximum Gasteiger partial charge on any atom is 0.148 e. The first-order chi connectivity index (χ1) is 9.16. The van der Waals surface area contributed by atoms with E-state index in [1.54, 1.807) is 18.5 Å². The van der Waals surface area contributed by atoms with Crippen molar-refractivity contribution in [3.8, 4) is 0 Å². The van der Waals surface area contributed by atoms with Gasteiger partial charge in [0, 0.05) is 19.3 Å². The smallest absolute Gasteiger partial charge is 0.148 e. The lowest BCUT2D eigenvalue weighted by Crippen LogP contribution is -2.14. The number of anilines is 3. The lowest BCUT2D eigenvalue weighted by atomic mass is 10.3. The maximum atomic E-state index is 10.9. The fourth-order valence-corrected chi connectivity index (χ4v) is 1.53. The molecular formula is C13H15N5O. The molecule has 0 saturated heterocycles. The third kappa shape index (κ3) is 3.48. The molecule has 0 amide bonds. The molecule has 0 aromatic carbocycles. The Morgan fingerprint density at radius 2 is 2.26 bits per heavy atom. The highest BCUT2D eigenvalue weighted by Gasteiger charge is 2.06. The van der Waals surface area contributed by atoms with Crippen molar-refractivity contribution in [2.24, 2.45) is 0 Å². The Labute approximate surface area is 111 Å². The summed E-state index contributed by atoms with van der Waals surface area (Å²) in [6.07, 6.45) is 4.94. The summed E-state index contributed by atoms with van der Waals surface area (Å²) in [5, 5.41) is 2.95. The van der Waals surface area contributed by atoms with E-state index in [0.29, 0.717) is 5.82 Å². The van der Waals surface area contributed by atoms with Crippen LogP contribution in [0.3, 0.4) is 0 Å². The van der Waals surface area contributed by atoms with E-state index in [4.69, 9.17) is 0 Å². The summed E-state index contributed by atoms with van der Waals surface area (Å²) in [5.41, 5.74) is 0.929. The van der Waals surface area contributed by atoms with Gasteiger partial charge in [-0.1, -0.05) is 0 Å². The minimum atomic E-state index is 0.0563. The second-order valence-electron chi connectivity index (χ2n) is 4.09. The quantitative estimate of drug-likeness (QED) is 0.878. The van der Waals surface area contributed by atoms with Crippen LogP contribution in [0.2, 0.25) is 0 Å². The molecule has 19 heavy (non-hydrogen) atoms. The molecule has 0 radical (unpaired) electrons. The number of nitrogens with one attached hydrogen (secondary N) is 1. The molecule has 0 aliphatic carbocycles. The lowest BCUT2D eigenvalue weighted by Gasteiger charge is -2.18. The Bertz CT molecular complexity index is 558. The van der Waals surface area contributed by atoms with Crippen LogP contribution in [-0.2, 0) is 4.79 Å². The van der Waals surface area contributed by atoms with Gasteiger partial charge in [-0.05, 0) is 19.1 Å². The van der Waals surface area contributed by atoms with Crippen molar-refractivity contribution in [2.45, 2.75) is 6.92 Å². The SMILES string of the molecule is CC(=O)CNc1cc(N(C)c2cccnc2)ncn1. The summed E-state index contributed by atoms with van der Waals surface area (Å²) in [7, 11) is 1.90. The van der Waals surface area contributed by atoms with Crippen LogP contribution in [0, 0.1) is 0 Å². The zero-order valence-electron chi connectivity index (χ0n) is 10.9. The van der Waals surface area contributed by atoms with Gasteiger partial charge in [0.15, 0.2) is 0 Å². The summed E-state index contributed by atoms with van der Waals surface area (Å²) in [5.74, 6) is 1.41. The largest absolute Gasteiger partial charge is 0.363 e. The van der Waals surface area contributed by atoms with Gasteiger partial charge >= 0.3 is 0 Å². The number of carbonyl (C=O) groups is 1. The molecule has 0 spiro atoms. The van der Waals surface area contributed by atoms with E-state index < -0.39 is 0 Å². The molecule has 98 valence electrons. The molecule has 2 rings (SSSR count). The fraction of sp³-hybridized carbons (Fsp3) is 0.231. The van der Waals surface area contributed by atoms with Crippen LogP contribution in [0.25, 0.3) is 0 Å². The van der Waals surface area contributed by atoms with E-state index in [9.17, 15) is 4.79 Å². The van der Waals surface area contributed by atoms with Gasteiger partial charge in [-0.25, -0.2) is 9.97 Å². The minimum absolute atomic E-state index is 0.0563. The van der Waals surface area contributed by atoms with Crippen molar-refractivity contribution in [2.75, 3.05) is 23.8 Å². The molecule has 0 saturated carbocycles. The molecule has 0 aliphatic heterocycles. The van der Waals surface area contributed by atoms with Gasteiger partial charge < -0.3 is 10.2 Å². The van der Waals surface area contributed by atoms with Gasteiger partial charge in [0.2, 0.25) is 0 Å². The van der Waals surface area contributed by atoms with Crippen molar-refractivity contribution < 1.29 is 4.79 Å². The molecule has 0 aliphatic rings. The van der Waals surface area contributed by atoms with Gasteiger partial charge in [-0.2, -0.15) is 0 Å². The fourth-order valence-electron chi connectivity index (χ4n) is 1.53. The third-order valence-corrected chi connectivity index (χ3v) is 2.55. The minimum Gasteiger partial charge on any atom is -0.363 e. The number of carbonyl (C=O) groups excluding carboxylic acids is 1. The van der Waals surface area contributed by atoms with Crippen LogP contribution in [0.5, 0.6) is 0 Å². The third-order valence-electron chi connectivity index (χ3n) is 2.55. The highest BCUT2D eigenvalue weighted by atomic mass is 16.1. The van der Waals surface area contributed by atoms with Crippen molar-refractivity contribution >= 4 is 23.1 Å². The Kier molecular flexibility index (Phi) is 4.02. The van der Waals surface area contributed by atoms with Gasteiger partial charge in [-0.15, -0.1) is 0 Å². The van der Waals surface area contributed by atoms with Crippen molar-refractivity contribution in [1.29, 1.82) is 0 Å². The van der Waals surface area contributed by atoms with Crippen LogP contribution in [0.1, 0.15) is 6.92 Å². The monoisotopic (exact) mass is 257 g/mol. The molecule has 0 bridgehead atoms. The highest BCUT2D eigenvalue weighted by molar-refractivity contribution is 5.80. The molecule has 2 aromatic heterocycles. The van der Waals surface area contributed by atoms with E-state index in [-0.39, 0.29) is 12.3 Å². The van der Waals surface area contributed by atoms with Crippen LogP contribution in [0.4, 0.5) is 17.3 Å². The predicted molar refractivity (Wildman–Crippen MR) is 73.5 cm³/mol. The normalized spacial score (nSPS) is 10.0. The first-order valence-electron chi connectivity index (χ1n) is 5.86. The molecular weight excluding hydrogens is 242 g/mol. The second-order valence-corrected chi connectivity index (χ2v) is 4.09. The van der Waals surface area contributed by atoms with E-state index in [0.717, 1.165) is 11.5 Å². The Morgan fingerprint density at radius 1 is 1.42 bits per heavy atom. The van der Waals surface area contributed by atoms with Crippen molar-refractivity contribution in [3.63, 3.8) is 0 Å². The molecule has 6 nitrogen and oxygen atoms in total. The van der Waals surface area contributed by atoms with Gasteiger partial charge in [0.25, 0.3) is 0 Å². The van der Waals surface area contributed by atoms with Crippen molar-refractivity contribution in [1.82, 2.24) is 15.0 Å². The van der Waals surface area contributed by atoms with E-state index in [1.165, 1.54) is 13.3 Å². The van der Waals surface area contributed by atoms with E-state index >= 15 is 0 Å². The average Bonchev–Trinajstić information content (AvgIpc) is 2.45. The van der Waals surface area contributed by atoms with Crippen LogP contribution < -0.4 is 10.2 Å². The molecule has 0 unspecified atom stereocenters. The van der Waals surface area contributed by atoms with Crippen LogP contribution >= 0.6 is 0 Å². The molecule has 0 fully saturated rings. The number of aromatic nitrogens is 3. The zero-order chi connectivity index (χ0) is 13.7. The summed E-state index contributed by atoms with van der Waals surface area (Å²) in [6.45, 7) is 1.78. The number of rotatable bonds is 5. The second kappa shape index (κ2) is 5.90. The first-order valence-corrected chi connectivity index (χ1v) is 5.86. The standard InChI is InChI=1S/C13H15N5O/c1-10(19)7-15-12-6-13(17-9-16-12)18(2)11-4-3-5-14-8-11/h3-6,8-9H,7H2,1-2H3,(H,15,16,17). The van der Waals surface area contributed by atoms with Gasteiger partial charge in [0.05, 0.1) is 18.4 Å². The predicted octanol–water partition coefficient (Wildman–Crippen LogP) is 1.64. The molecule has 0 atom stereocenters. The Morgan fingerprint density at radius 3 is 2.95 bits per heavy atom. The topological polar surface area (TPSA) is 71.0 Å². The Hall–Kier alpha value is -2.50. The number of pyridine rings is 1. The lowest BCUT2D eigenvalue weighted by molar-refractivity contribution is -0.115. The number of hydrogen-bond donors (Lipinski definition) is 1. The van der Waals surface area contributed by atoms with E-state index in [2.05, 4.69) is 20.3 Å². The summed E-state index contributed by atoms with van der Waals surface area (Å²) in [4.78, 5) is 25.2. The Balaban J connectivity index is 2.16. The maximum absolute atomic E-state index is 10.9. The van der Waals surface area contributed by atoms with Gasteiger partial charge in [-0.3, -0.25) is 9.78 Å². The zero-order valence-corrected chi connectivity index (χ0v) is 10.9. The molecule has 2 aromatic rings. The first kappa shape index (κ1) is 12.9. The number of Topliss-reactive ketones (excluding diaryl/α,β-unsaturated/α-hetero) is 1. The summed E-state index contributed by atoms with van der Waals surface area (Å²) < 4.78 is 0. The number of nitrogens with zero attached hydrogens (tertiary/aromatic N) is 4. The van der Waals surface area contributed by atoms with Gasteiger partial charge in [0.1, 0.15) is 23.7 Å². The number of ketones is 1. The molecule has 2 heterocycles. The molecule has 1 N–H and O–H groups in total. The van der Waals surface area contributed by atoms with E-state index in [1.807, 2.05) is 24.1 Å². The highest BCUT2D eigenvalue weighted by Crippen LogP contribution is 2.21. The molecule has 6 heteroatoms. The average molecular weight is 257 g/mol. The number of hydrogen-bond acceptors (Lipinski definition) is 6.